The highest BCUT2D eigenvalue weighted by molar-refractivity contribution is 6.30. The Labute approximate surface area is 125 Å². The van der Waals surface area contributed by atoms with Gasteiger partial charge < -0.3 is 15.4 Å². The number of ether oxygens (including phenoxy) is 1. The summed E-state index contributed by atoms with van der Waals surface area (Å²) < 4.78 is 5.56. The Hall–Kier alpha value is -1.26. The first kappa shape index (κ1) is 16.8. The minimum atomic E-state index is -0.625. The molecule has 5 heteroatoms. The summed E-state index contributed by atoms with van der Waals surface area (Å²) in [7, 11) is 1.62. The van der Waals surface area contributed by atoms with Gasteiger partial charge >= 0.3 is 6.03 Å². The number of amides is 2. The van der Waals surface area contributed by atoms with Gasteiger partial charge in [0, 0.05) is 17.7 Å². The molecular weight excluding hydrogens is 276 g/mol. The van der Waals surface area contributed by atoms with Crippen molar-refractivity contribution < 1.29 is 9.53 Å². The van der Waals surface area contributed by atoms with Crippen molar-refractivity contribution in [3.8, 4) is 0 Å². The zero-order chi connectivity index (χ0) is 15.4. The summed E-state index contributed by atoms with van der Waals surface area (Å²) in [5, 5.41) is 6.32. The lowest BCUT2D eigenvalue weighted by molar-refractivity contribution is 0.00474. The Bertz CT molecular complexity index is 471. The lowest BCUT2D eigenvalue weighted by Crippen LogP contribution is -2.50. The number of urea groups is 1. The van der Waals surface area contributed by atoms with E-state index in [1.807, 2.05) is 45.9 Å². The van der Waals surface area contributed by atoms with E-state index in [1.165, 1.54) is 0 Å². The van der Waals surface area contributed by atoms with Crippen molar-refractivity contribution in [3.63, 3.8) is 0 Å². The van der Waals surface area contributed by atoms with Gasteiger partial charge in [0.15, 0.2) is 0 Å². The smallest absolute Gasteiger partial charge is 0.315 e. The van der Waals surface area contributed by atoms with Gasteiger partial charge in [-0.15, -0.1) is 0 Å². The van der Waals surface area contributed by atoms with Gasteiger partial charge in [0.1, 0.15) is 5.60 Å². The number of carbonyl (C=O) groups is 1. The highest BCUT2D eigenvalue weighted by Gasteiger charge is 2.27. The molecule has 0 bridgehead atoms. The quantitative estimate of drug-likeness (QED) is 0.896. The van der Waals surface area contributed by atoms with Gasteiger partial charge in [-0.2, -0.15) is 0 Å². The van der Waals surface area contributed by atoms with Crippen molar-refractivity contribution in [2.75, 3.05) is 13.7 Å². The minimum Gasteiger partial charge on any atom is -0.372 e. The number of halogens is 1. The van der Waals surface area contributed by atoms with Gasteiger partial charge in [0.25, 0.3) is 0 Å². The Morgan fingerprint density at radius 3 is 2.45 bits per heavy atom. The predicted molar refractivity (Wildman–Crippen MR) is 82.1 cm³/mol. The van der Waals surface area contributed by atoms with Gasteiger partial charge in [0.05, 0.1) is 6.54 Å². The third-order valence-corrected chi connectivity index (χ3v) is 3.20. The Kier molecular flexibility index (Phi) is 5.42. The molecule has 2 amide bonds. The maximum Gasteiger partial charge on any atom is 0.315 e. The summed E-state index contributed by atoms with van der Waals surface area (Å²) in [6.07, 6.45) is 0. The first-order valence-electron chi connectivity index (χ1n) is 6.53. The average Bonchev–Trinajstić information content (AvgIpc) is 2.34. The fourth-order valence-electron chi connectivity index (χ4n) is 1.74. The van der Waals surface area contributed by atoms with E-state index in [9.17, 15) is 4.79 Å². The zero-order valence-electron chi connectivity index (χ0n) is 12.7. The Balaban J connectivity index is 2.74. The molecule has 1 unspecified atom stereocenters. The summed E-state index contributed by atoms with van der Waals surface area (Å²) in [4.78, 5) is 11.8. The maximum atomic E-state index is 11.8. The van der Waals surface area contributed by atoms with Crippen LogP contribution in [0.4, 0.5) is 4.79 Å². The summed E-state index contributed by atoms with van der Waals surface area (Å²) in [6.45, 7) is 8.05. The highest BCUT2D eigenvalue weighted by Crippen LogP contribution is 2.26. The number of methoxy groups -OCH3 is 1. The molecule has 2 N–H and O–H groups in total. The monoisotopic (exact) mass is 298 g/mol. The fourth-order valence-corrected chi connectivity index (χ4v) is 1.93. The van der Waals surface area contributed by atoms with E-state index in [4.69, 9.17) is 16.3 Å². The first-order valence-corrected chi connectivity index (χ1v) is 6.91. The molecule has 0 saturated heterocycles. The van der Waals surface area contributed by atoms with Crippen LogP contribution in [0.15, 0.2) is 24.3 Å². The van der Waals surface area contributed by atoms with Gasteiger partial charge in [-0.3, -0.25) is 0 Å². The van der Waals surface area contributed by atoms with Crippen LogP contribution in [0, 0.1) is 0 Å². The van der Waals surface area contributed by atoms with Crippen LogP contribution in [0.25, 0.3) is 0 Å². The van der Waals surface area contributed by atoms with E-state index in [1.54, 1.807) is 13.2 Å². The molecule has 0 aliphatic carbocycles. The molecule has 1 aromatic rings. The van der Waals surface area contributed by atoms with E-state index >= 15 is 0 Å². The molecule has 0 aromatic heterocycles. The minimum absolute atomic E-state index is 0.220. The molecule has 0 radical (unpaired) electrons. The molecule has 0 saturated carbocycles. The largest absolute Gasteiger partial charge is 0.372 e. The van der Waals surface area contributed by atoms with Crippen LogP contribution < -0.4 is 10.6 Å². The predicted octanol–water partition coefficient (Wildman–Crippen LogP) is 3.30. The number of hydrogen-bond donors (Lipinski definition) is 2. The molecule has 20 heavy (non-hydrogen) atoms. The van der Waals surface area contributed by atoms with Crippen molar-refractivity contribution >= 4 is 17.6 Å². The third kappa shape index (κ3) is 5.02. The molecule has 4 nitrogen and oxygen atoms in total. The fraction of sp³-hybridized carbons (Fsp3) is 0.533. The zero-order valence-corrected chi connectivity index (χ0v) is 13.5. The van der Waals surface area contributed by atoms with Crippen molar-refractivity contribution in [1.82, 2.24) is 10.6 Å². The molecule has 112 valence electrons. The lowest BCUT2D eigenvalue weighted by Gasteiger charge is -2.30. The van der Waals surface area contributed by atoms with E-state index in [0.717, 1.165) is 5.56 Å². The summed E-state index contributed by atoms with van der Waals surface area (Å²) in [5.41, 5.74) is 0.0209. The molecule has 1 rings (SSSR count). The summed E-state index contributed by atoms with van der Waals surface area (Å²) in [5.74, 6) is 0. The topological polar surface area (TPSA) is 50.4 Å². The van der Waals surface area contributed by atoms with Crippen molar-refractivity contribution in [2.24, 2.45) is 0 Å². The number of benzene rings is 1. The molecular formula is C15H23ClN2O2. The van der Waals surface area contributed by atoms with Gasteiger partial charge in [0.2, 0.25) is 0 Å². The molecule has 0 aliphatic heterocycles. The van der Waals surface area contributed by atoms with E-state index in [2.05, 4.69) is 10.6 Å². The molecule has 0 aliphatic rings. The van der Waals surface area contributed by atoms with Crippen molar-refractivity contribution in [1.29, 1.82) is 0 Å². The van der Waals surface area contributed by atoms with Crippen molar-refractivity contribution in [2.45, 2.75) is 38.8 Å². The lowest BCUT2D eigenvalue weighted by atomic mass is 9.95. The molecule has 0 fully saturated rings. The van der Waals surface area contributed by atoms with Crippen LogP contribution in [0.1, 0.15) is 33.3 Å². The molecule has 0 spiro atoms. The second kappa shape index (κ2) is 6.46. The van der Waals surface area contributed by atoms with Gasteiger partial charge in [-0.05, 0) is 45.4 Å². The van der Waals surface area contributed by atoms with Gasteiger partial charge in [-0.25, -0.2) is 4.79 Å². The number of carbonyl (C=O) groups excluding carboxylic acids is 1. The summed E-state index contributed by atoms with van der Waals surface area (Å²) in [6, 6.07) is 7.22. The van der Waals surface area contributed by atoms with Crippen LogP contribution in [0.2, 0.25) is 5.02 Å². The highest BCUT2D eigenvalue weighted by atomic mass is 35.5. The second-order valence-electron chi connectivity index (χ2n) is 6.00. The van der Waals surface area contributed by atoms with Gasteiger partial charge in [-0.1, -0.05) is 23.7 Å². The molecule has 1 atom stereocenters. The normalized spacial score (nSPS) is 14.5. The van der Waals surface area contributed by atoms with E-state index in [-0.39, 0.29) is 11.6 Å². The third-order valence-electron chi connectivity index (χ3n) is 2.96. The molecule has 1 aromatic carbocycles. The van der Waals surface area contributed by atoms with Crippen LogP contribution in [-0.2, 0) is 10.3 Å². The van der Waals surface area contributed by atoms with E-state index < -0.39 is 5.60 Å². The number of hydrogen-bond acceptors (Lipinski definition) is 2. The second-order valence-corrected chi connectivity index (χ2v) is 6.44. The first-order chi connectivity index (χ1) is 9.16. The van der Waals surface area contributed by atoms with Crippen LogP contribution in [-0.4, -0.2) is 25.2 Å². The number of nitrogens with one attached hydrogen (secondary N) is 2. The average molecular weight is 299 g/mol. The SMILES string of the molecule is COC(C)(CNC(=O)NC(C)(C)C)c1cccc(Cl)c1. The standard InChI is InChI=1S/C15H23ClN2O2/c1-14(2,3)18-13(19)17-10-15(4,20-5)11-7-6-8-12(16)9-11/h6-9H,10H2,1-5H3,(H2,17,18,19). The van der Waals surface area contributed by atoms with Crippen LogP contribution >= 0.6 is 11.6 Å². The van der Waals surface area contributed by atoms with Crippen molar-refractivity contribution in [3.05, 3.63) is 34.9 Å². The Morgan fingerprint density at radius 2 is 1.95 bits per heavy atom. The maximum absolute atomic E-state index is 11.8. The number of rotatable bonds is 4. The Morgan fingerprint density at radius 1 is 1.30 bits per heavy atom. The summed E-state index contributed by atoms with van der Waals surface area (Å²) >= 11 is 6.00. The van der Waals surface area contributed by atoms with Crippen LogP contribution in [0.5, 0.6) is 0 Å². The van der Waals surface area contributed by atoms with E-state index in [0.29, 0.717) is 11.6 Å². The van der Waals surface area contributed by atoms with Crippen LogP contribution in [0.3, 0.4) is 0 Å². The molecule has 0 heterocycles.